The lowest BCUT2D eigenvalue weighted by atomic mass is 10.0. The molecule has 0 aliphatic carbocycles. The molecule has 2 unspecified atom stereocenters. The number of hydrogen-bond acceptors (Lipinski definition) is 4. The Kier molecular flexibility index (Phi) is 6.34. The lowest BCUT2D eigenvalue weighted by molar-refractivity contribution is -0.137. The zero-order valence-electron chi connectivity index (χ0n) is 15.7. The number of likely N-dealkylation sites (tertiary alicyclic amines) is 1. The predicted molar refractivity (Wildman–Crippen MR) is 102 cm³/mol. The van der Waals surface area contributed by atoms with Crippen LogP contribution in [-0.4, -0.2) is 35.8 Å². The van der Waals surface area contributed by atoms with E-state index in [1.165, 1.54) is 6.07 Å². The number of carbonyl (C=O) groups is 2. The predicted octanol–water partition coefficient (Wildman–Crippen LogP) is 2.81. The van der Waals surface area contributed by atoms with E-state index in [2.05, 4.69) is 5.32 Å². The summed E-state index contributed by atoms with van der Waals surface area (Å²) in [7, 11) is 0. The molecule has 2 aromatic rings. The molecule has 0 radical (unpaired) electrons. The van der Waals surface area contributed by atoms with Gasteiger partial charge < -0.3 is 11.1 Å². The highest BCUT2D eigenvalue weighted by Crippen LogP contribution is 2.29. The fourth-order valence-electron chi connectivity index (χ4n) is 3.47. The lowest BCUT2D eigenvalue weighted by Crippen LogP contribution is -2.44. The average Bonchev–Trinajstić information content (AvgIpc) is 3.06. The lowest BCUT2D eigenvalue weighted by Gasteiger charge is -2.24. The van der Waals surface area contributed by atoms with Gasteiger partial charge in [-0.1, -0.05) is 36.4 Å². The number of carbonyl (C=O) groups excluding carboxylic acids is 2. The van der Waals surface area contributed by atoms with E-state index in [1.807, 2.05) is 35.2 Å². The highest BCUT2D eigenvalue weighted by Gasteiger charge is 2.36. The largest absolute Gasteiger partial charge is 0.416 e. The van der Waals surface area contributed by atoms with E-state index in [1.54, 1.807) is 0 Å². The molecule has 1 aliphatic rings. The second-order valence-corrected chi connectivity index (χ2v) is 7.07. The summed E-state index contributed by atoms with van der Waals surface area (Å²) >= 11 is 0. The topological polar surface area (TPSA) is 75.4 Å². The summed E-state index contributed by atoms with van der Waals surface area (Å²) in [4.78, 5) is 26.7. The van der Waals surface area contributed by atoms with Crippen molar-refractivity contribution < 1.29 is 22.8 Å². The minimum Gasteiger partial charge on any atom is -0.345 e. The first-order valence-corrected chi connectivity index (χ1v) is 9.27. The Morgan fingerprint density at radius 2 is 1.83 bits per heavy atom. The maximum Gasteiger partial charge on any atom is 0.416 e. The molecular formula is C21H22F3N3O2. The molecule has 0 spiro atoms. The van der Waals surface area contributed by atoms with Crippen LogP contribution < -0.4 is 11.1 Å². The van der Waals surface area contributed by atoms with Crippen molar-refractivity contribution in [1.29, 1.82) is 0 Å². The average molecular weight is 405 g/mol. The van der Waals surface area contributed by atoms with Crippen LogP contribution in [-0.2, 0) is 17.5 Å². The van der Waals surface area contributed by atoms with Crippen molar-refractivity contribution in [1.82, 2.24) is 10.2 Å². The quantitative estimate of drug-likeness (QED) is 0.775. The highest BCUT2D eigenvalue weighted by atomic mass is 19.4. The van der Waals surface area contributed by atoms with Gasteiger partial charge in [0.2, 0.25) is 0 Å². The minimum atomic E-state index is -4.54. The van der Waals surface area contributed by atoms with Crippen LogP contribution in [0.15, 0.2) is 54.6 Å². The number of halogens is 3. The van der Waals surface area contributed by atoms with Crippen LogP contribution >= 0.6 is 0 Å². The van der Waals surface area contributed by atoms with E-state index in [9.17, 15) is 22.8 Å². The summed E-state index contributed by atoms with van der Waals surface area (Å²) < 4.78 is 38.3. The smallest absolute Gasteiger partial charge is 0.345 e. The molecule has 1 aliphatic heterocycles. The van der Waals surface area contributed by atoms with Gasteiger partial charge in [0.25, 0.3) is 5.91 Å². The maximum absolute atomic E-state index is 12.8. The molecule has 1 heterocycles. The minimum absolute atomic E-state index is 0.144. The van der Waals surface area contributed by atoms with Crippen LogP contribution in [0.25, 0.3) is 0 Å². The van der Waals surface area contributed by atoms with Crippen molar-refractivity contribution in [3.8, 4) is 0 Å². The Balaban J connectivity index is 1.55. The molecule has 154 valence electrons. The third-order valence-electron chi connectivity index (χ3n) is 5.08. The SMILES string of the molecule is NC1C(C(=O)CNC(=O)c2cccc(C(F)(F)F)c2)CCN1Cc1ccccc1. The highest BCUT2D eigenvalue weighted by molar-refractivity contribution is 5.97. The molecule has 1 saturated heterocycles. The Morgan fingerprint density at radius 3 is 2.52 bits per heavy atom. The van der Waals surface area contributed by atoms with Gasteiger partial charge in [0.05, 0.1) is 18.3 Å². The molecule has 29 heavy (non-hydrogen) atoms. The van der Waals surface area contributed by atoms with Gasteiger partial charge in [0.15, 0.2) is 5.78 Å². The summed E-state index contributed by atoms with van der Waals surface area (Å²) in [6, 6.07) is 13.8. The molecular weight excluding hydrogens is 383 g/mol. The fourth-order valence-corrected chi connectivity index (χ4v) is 3.47. The van der Waals surface area contributed by atoms with Crippen LogP contribution in [0, 0.1) is 5.92 Å². The normalized spacial score (nSPS) is 19.9. The van der Waals surface area contributed by atoms with E-state index in [-0.39, 0.29) is 17.9 Å². The van der Waals surface area contributed by atoms with Crippen molar-refractivity contribution in [2.75, 3.05) is 13.1 Å². The second-order valence-electron chi connectivity index (χ2n) is 7.07. The summed E-state index contributed by atoms with van der Waals surface area (Å²) in [6.45, 7) is 1.02. The number of rotatable bonds is 6. The van der Waals surface area contributed by atoms with Gasteiger partial charge in [0, 0.05) is 24.6 Å². The number of Topliss-reactive ketones (excluding diaryl/α,β-unsaturated/α-hetero) is 1. The molecule has 3 rings (SSSR count). The second kappa shape index (κ2) is 8.75. The van der Waals surface area contributed by atoms with E-state index >= 15 is 0 Å². The summed E-state index contributed by atoms with van der Waals surface area (Å²) in [6.07, 6.45) is -4.43. The fraction of sp³-hybridized carbons (Fsp3) is 0.333. The van der Waals surface area contributed by atoms with Gasteiger partial charge >= 0.3 is 6.18 Å². The Labute approximate surface area is 166 Å². The zero-order valence-corrected chi connectivity index (χ0v) is 15.7. The molecule has 1 fully saturated rings. The number of nitrogens with one attached hydrogen (secondary N) is 1. The van der Waals surface area contributed by atoms with Gasteiger partial charge in [-0.3, -0.25) is 14.5 Å². The van der Waals surface area contributed by atoms with Gasteiger partial charge in [-0.05, 0) is 30.2 Å². The van der Waals surface area contributed by atoms with Crippen LogP contribution in [0.3, 0.4) is 0 Å². The van der Waals surface area contributed by atoms with Crippen LogP contribution in [0.4, 0.5) is 13.2 Å². The molecule has 2 aromatic carbocycles. The summed E-state index contributed by atoms with van der Waals surface area (Å²) in [5, 5.41) is 2.41. The maximum atomic E-state index is 12.8. The van der Waals surface area contributed by atoms with E-state index < -0.39 is 29.7 Å². The van der Waals surface area contributed by atoms with Crippen LogP contribution in [0.5, 0.6) is 0 Å². The Bertz CT molecular complexity index is 871. The van der Waals surface area contributed by atoms with Crippen molar-refractivity contribution in [2.24, 2.45) is 11.7 Å². The summed E-state index contributed by atoms with van der Waals surface area (Å²) in [5.41, 5.74) is 6.26. The van der Waals surface area contributed by atoms with E-state index in [0.29, 0.717) is 19.5 Å². The number of ketones is 1. The van der Waals surface area contributed by atoms with Crippen molar-refractivity contribution in [2.45, 2.75) is 25.3 Å². The number of hydrogen-bond donors (Lipinski definition) is 2. The molecule has 0 aromatic heterocycles. The first-order chi connectivity index (χ1) is 13.8. The molecule has 2 atom stereocenters. The summed E-state index contributed by atoms with van der Waals surface area (Å²) in [5.74, 6) is -1.38. The number of amides is 1. The van der Waals surface area contributed by atoms with Crippen LogP contribution in [0.1, 0.15) is 27.9 Å². The van der Waals surface area contributed by atoms with Gasteiger partial charge in [-0.2, -0.15) is 13.2 Å². The third-order valence-corrected chi connectivity index (χ3v) is 5.08. The Hall–Kier alpha value is -2.71. The van der Waals surface area contributed by atoms with Crippen molar-refractivity contribution in [3.05, 3.63) is 71.3 Å². The first kappa shape index (κ1) is 21.0. The van der Waals surface area contributed by atoms with E-state index in [4.69, 9.17) is 5.73 Å². The molecule has 5 nitrogen and oxygen atoms in total. The first-order valence-electron chi connectivity index (χ1n) is 9.27. The zero-order chi connectivity index (χ0) is 21.0. The standard InChI is InChI=1S/C21H22F3N3O2/c22-21(23,24)16-8-4-7-15(11-16)20(29)26-12-18(28)17-9-10-27(19(17)25)13-14-5-2-1-3-6-14/h1-8,11,17,19H,9-10,12-13,25H2,(H,26,29). The number of nitrogens with two attached hydrogens (primary N) is 1. The van der Waals surface area contributed by atoms with Crippen molar-refractivity contribution in [3.63, 3.8) is 0 Å². The molecule has 0 bridgehead atoms. The third kappa shape index (κ3) is 5.21. The molecule has 8 heteroatoms. The molecule has 1 amide bonds. The van der Waals surface area contributed by atoms with Gasteiger partial charge in [-0.25, -0.2) is 0 Å². The number of nitrogens with zero attached hydrogens (tertiary/aromatic N) is 1. The molecule has 3 N–H and O–H groups in total. The number of alkyl halides is 3. The molecule has 0 saturated carbocycles. The van der Waals surface area contributed by atoms with Crippen LogP contribution in [0.2, 0.25) is 0 Å². The number of benzene rings is 2. The Morgan fingerprint density at radius 1 is 1.10 bits per heavy atom. The van der Waals surface area contributed by atoms with Gasteiger partial charge in [0.1, 0.15) is 0 Å². The van der Waals surface area contributed by atoms with E-state index in [0.717, 1.165) is 23.8 Å². The van der Waals surface area contributed by atoms with Gasteiger partial charge in [-0.15, -0.1) is 0 Å². The van der Waals surface area contributed by atoms with Crippen molar-refractivity contribution >= 4 is 11.7 Å². The monoisotopic (exact) mass is 405 g/mol.